The quantitative estimate of drug-likeness (QED) is 0.911. The molecule has 0 bridgehead atoms. The smallest absolute Gasteiger partial charge is 0.252 e. The molecule has 0 atom stereocenters. The summed E-state index contributed by atoms with van der Waals surface area (Å²) < 4.78 is 5.40. The molecule has 1 aliphatic carbocycles. The van der Waals surface area contributed by atoms with Gasteiger partial charge in [-0.15, -0.1) is 10.2 Å². The highest BCUT2D eigenvalue weighted by Gasteiger charge is 2.23. The molecule has 1 heterocycles. The first-order valence-corrected chi connectivity index (χ1v) is 6.42. The fraction of sp³-hybridized carbons (Fsp3) is 0.357. The maximum absolute atomic E-state index is 12.2. The third-order valence-electron chi connectivity index (χ3n) is 3.18. The van der Waals surface area contributed by atoms with Crippen molar-refractivity contribution >= 4 is 5.91 Å². The van der Waals surface area contributed by atoms with Crippen LogP contribution in [-0.4, -0.2) is 22.6 Å². The van der Waals surface area contributed by atoms with Crippen LogP contribution in [0.1, 0.15) is 29.1 Å². The van der Waals surface area contributed by atoms with Crippen LogP contribution in [0.15, 0.2) is 28.7 Å². The highest BCUT2D eigenvalue weighted by molar-refractivity contribution is 5.99. The van der Waals surface area contributed by atoms with Gasteiger partial charge in [0.25, 0.3) is 5.91 Å². The van der Waals surface area contributed by atoms with Crippen LogP contribution >= 0.6 is 0 Å². The Kier molecular flexibility index (Phi) is 3.03. The first kappa shape index (κ1) is 11.9. The zero-order valence-electron chi connectivity index (χ0n) is 10.7. The van der Waals surface area contributed by atoms with Crippen LogP contribution in [0.4, 0.5) is 0 Å². The van der Waals surface area contributed by atoms with Gasteiger partial charge in [-0.1, -0.05) is 12.1 Å². The number of hydrogen-bond acceptors (Lipinski definition) is 4. The summed E-state index contributed by atoms with van der Waals surface area (Å²) >= 11 is 0. The van der Waals surface area contributed by atoms with Gasteiger partial charge in [0.2, 0.25) is 11.8 Å². The second-order valence-electron chi connectivity index (χ2n) is 4.83. The number of nitrogens with one attached hydrogen (secondary N) is 1. The fourth-order valence-corrected chi connectivity index (χ4v) is 1.93. The number of benzene rings is 1. The summed E-state index contributed by atoms with van der Waals surface area (Å²) in [5, 5.41) is 10.7. The summed E-state index contributed by atoms with van der Waals surface area (Å²) in [7, 11) is 0. The molecule has 19 heavy (non-hydrogen) atoms. The Hall–Kier alpha value is -2.17. The Bertz CT molecular complexity index is 602. The van der Waals surface area contributed by atoms with Gasteiger partial charge in [-0.3, -0.25) is 4.79 Å². The van der Waals surface area contributed by atoms with Crippen molar-refractivity contribution < 1.29 is 9.21 Å². The lowest BCUT2D eigenvalue weighted by Gasteiger charge is -2.07. The maximum Gasteiger partial charge on any atom is 0.252 e. The molecule has 1 amide bonds. The van der Waals surface area contributed by atoms with Gasteiger partial charge in [0.05, 0.1) is 11.1 Å². The number of rotatable bonds is 4. The number of aromatic nitrogens is 2. The Labute approximate surface area is 111 Å². The van der Waals surface area contributed by atoms with Gasteiger partial charge in [-0.05, 0) is 30.9 Å². The van der Waals surface area contributed by atoms with Gasteiger partial charge in [0.15, 0.2) is 0 Å². The van der Waals surface area contributed by atoms with Gasteiger partial charge in [-0.2, -0.15) is 0 Å². The summed E-state index contributed by atoms with van der Waals surface area (Å²) in [4.78, 5) is 12.2. The summed E-state index contributed by atoms with van der Waals surface area (Å²) in [6.45, 7) is 2.47. The van der Waals surface area contributed by atoms with E-state index in [1.54, 1.807) is 13.0 Å². The number of amides is 1. The van der Waals surface area contributed by atoms with E-state index < -0.39 is 0 Å². The molecular formula is C14H15N3O2. The van der Waals surface area contributed by atoms with E-state index in [4.69, 9.17) is 4.42 Å². The molecule has 0 aliphatic heterocycles. The molecule has 5 heteroatoms. The molecule has 5 nitrogen and oxygen atoms in total. The molecule has 1 saturated carbocycles. The summed E-state index contributed by atoms with van der Waals surface area (Å²) in [5.74, 6) is 1.44. The van der Waals surface area contributed by atoms with Crippen molar-refractivity contribution in [2.75, 3.05) is 6.54 Å². The molecule has 1 N–H and O–H groups in total. The first-order chi connectivity index (χ1) is 9.24. The van der Waals surface area contributed by atoms with Gasteiger partial charge in [-0.25, -0.2) is 0 Å². The van der Waals surface area contributed by atoms with E-state index in [1.165, 1.54) is 12.8 Å². The average molecular weight is 257 g/mol. The van der Waals surface area contributed by atoms with Crippen LogP contribution in [0.25, 0.3) is 11.5 Å². The number of aryl methyl sites for hydroxylation is 1. The minimum absolute atomic E-state index is 0.0849. The van der Waals surface area contributed by atoms with Gasteiger partial charge in [0.1, 0.15) is 0 Å². The van der Waals surface area contributed by atoms with Crippen molar-refractivity contribution in [1.82, 2.24) is 15.5 Å². The minimum Gasteiger partial charge on any atom is -0.421 e. The van der Waals surface area contributed by atoms with Gasteiger partial charge >= 0.3 is 0 Å². The molecule has 3 rings (SSSR count). The zero-order chi connectivity index (χ0) is 13.2. The lowest BCUT2D eigenvalue weighted by molar-refractivity contribution is 0.0952. The van der Waals surface area contributed by atoms with Crippen molar-refractivity contribution in [3.63, 3.8) is 0 Å². The van der Waals surface area contributed by atoms with Gasteiger partial charge in [0, 0.05) is 13.5 Å². The molecule has 0 radical (unpaired) electrons. The number of carbonyl (C=O) groups is 1. The third-order valence-corrected chi connectivity index (χ3v) is 3.18. The monoisotopic (exact) mass is 257 g/mol. The van der Waals surface area contributed by atoms with E-state index in [2.05, 4.69) is 15.5 Å². The third kappa shape index (κ3) is 2.65. The molecular weight excluding hydrogens is 242 g/mol. The molecule has 98 valence electrons. The summed E-state index contributed by atoms with van der Waals surface area (Å²) in [5.41, 5.74) is 1.25. The highest BCUT2D eigenvalue weighted by atomic mass is 16.4. The predicted octanol–water partition coefficient (Wildman–Crippen LogP) is 2.18. The van der Waals surface area contributed by atoms with Crippen molar-refractivity contribution in [2.24, 2.45) is 5.92 Å². The molecule has 0 spiro atoms. The first-order valence-electron chi connectivity index (χ1n) is 6.42. The SMILES string of the molecule is Cc1nnc(-c2ccccc2C(=O)NCC2CC2)o1. The predicted molar refractivity (Wildman–Crippen MR) is 69.5 cm³/mol. The van der Waals surface area contributed by atoms with E-state index in [0.29, 0.717) is 28.8 Å². The molecule has 2 aromatic rings. The number of nitrogens with zero attached hydrogens (tertiary/aromatic N) is 2. The van der Waals surface area contributed by atoms with Crippen molar-refractivity contribution in [1.29, 1.82) is 0 Å². The number of carbonyl (C=O) groups excluding carboxylic acids is 1. The Morgan fingerprint density at radius 1 is 1.37 bits per heavy atom. The normalized spacial score (nSPS) is 14.4. The molecule has 1 aromatic heterocycles. The summed E-state index contributed by atoms with van der Waals surface area (Å²) in [6, 6.07) is 7.28. The second kappa shape index (κ2) is 4.84. The molecule has 0 saturated heterocycles. The molecule has 1 aromatic carbocycles. The Morgan fingerprint density at radius 3 is 2.84 bits per heavy atom. The van der Waals surface area contributed by atoms with Crippen molar-refractivity contribution in [2.45, 2.75) is 19.8 Å². The maximum atomic E-state index is 12.2. The zero-order valence-corrected chi connectivity index (χ0v) is 10.7. The van der Waals surface area contributed by atoms with Crippen LogP contribution in [0.5, 0.6) is 0 Å². The molecule has 0 unspecified atom stereocenters. The largest absolute Gasteiger partial charge is 0.421 e. The topological polar surface area (TPSA) is 68.0 Å². The minimum atomic E-state index is -0.0849. The molecule has 1 fully saturated rings. The lowest BCUT2D eigenvalue weighted by Crippen LogP contribution is -2.26. The highest BCUT2D eigenvalue weighted by Crippen LogP contribution is 2.28. The summed E-state index contributed by atoms with van der Waals surface area (Å²) in [6.07, 6.45) is 2.43. The van der Waals surface area contributed by atoms with E-state index in [0.717, 1.165) is 6.54 Å². The Balaban J connectivity index is 1.85. The number of hydrogen-bond donors (Lipinski definition) is 1. The lowest BCUT2D eigenvalue weighted by atomic mass is 10.1. The molecule has 1 aliphatic rings. The van der Waals surface area contributed by atoms with Crippen LogP contribution in [-0.2, 0) is 0 Å². The second-order valence-corrected chi connectivity index (χ2v) is 4.83. The average Bonchev–Trinajstić information content (AvgIpc) is 3.16. The van der Waals surface area contributed by atoms with Crippen LogP contribution in [0, 0.1) is 12.8 Å². The van der Waals surface area contributed by atoms with E-state index >= 15 is 0 Å². The van der Waals surface area contributed by atoms with E-state index in [9.17, 15) is 4.79 Å². The Morgan fingerprint density at radius 2 is 2.16 bits per heavy atom. The van der Waals surface area contributed by atoms with Crippen molar-refractivity contribution in [3.8, 4) is 11.5 Å². The van der Waals surface area contributed by atoms with Crippen LogP contribution in [0.2, 0.25) is 0 Å². The van der Waals surface area contributed by atoms with Crippen LogP contribution in [0.3, 0.4) is 0 Å². The van der Waals surface area contributed by atoms with E-state index in [-0.39, 0.29) is 5.91 Å². The van der Waals surface area contributed by atoms with E-state index in [1.807, 2.05) is 18.2 Å². The fourth-order valence-electron chi connectivity index (χ4n) is 1.93. The van der Waals surface area contributed by atoms with Gasteiger partial charge < -0.3 is 9.73 Å². The van der Waals surface area contributed by atoms with Crippen molar-refractivity contribution in [3.05, 3.63) is 35.7 Å². The standard InChI is InChI=1S/C14H15N3O2/c1-9-16-17-14(19-9)12-5-3-2-4-11(12)13(18)15-8-10-6-7-10/h2-5,10H,6-8H2,1H3,(H,15,18). The van der Waals surface area contributed by atoms with Crippen LogP contribution < -0.4 is 5.32 Å².